The Hall–Kier alpha value is -0.860. The van der Waals surface area contributed by atoms with E-state index in [1.54, 1.807) is 14.1 Å². The lowest BCUT2D eigenvalue weighted by atomic mass is 10.4. The Morgan fingerprint density at radius 2 is 2.33 bits per heavy atom. The van der Waals surface area contributed by atoms with Gasteiger partial charge >= 0.3 is 0 Å². The van der Waals surface area contributed by atoms with Crippen molar-refractivity contribution in [2.75, 3.05) is 14.1 Å². The summed E-state index contributed by atoms with van der Waals surface area (Å²) < 4.78 is 0. The van der Waals surface area contributed by atoms with E-state index in [9.17, 15) is 4.79 Å². The molecule has 9 heavy (non-hydrogen) atoms. The zero-order chi connectivity index (χ0) is 7.28. The predicted molar refractivity (Wildman–Crippen MR) is 37.5 cm³/mol. The topological polar surface area (TPSA) is 32.7 Å². The molecule has 0 saturated carbocycles. The molecule has 3 heteroatoms. The van der Waals surface area contributed by atoms with Crippen LogP contribution in [0.5, 0.6) is 0 Å². The third-order valence-corrected chi connectivity index (χ3v) is 0.985. The molecular formula is C6H12N2O. The number of amides is 1. The van der Waals surface area contributed by atoms with E-state index < -0.39 is 0 Å². The zero-order valence-electron chi connectivity index (χ0n) is 6.09. The van der Waals surface area contributed by atoms with Crippen LogP contribution in [-0.2, 0) is 4.79 Å². The standard InChI is InChI=1S/C6H12N2O/c1-4-6(9)8(3)5-7-2/h5H,4H2,1-3H3. The number of rotatable bonds is 2. The summed E-state index contributed by atoms with van der Waals surface area (Å²) in [6.45, 7) is 1.82. The highest BCUT2D eigenvalue weighted by Gasteiger charge is 1.99. The highest BCUT2D eigenvalue weighted by atomic mass is 16.2. The van der Waals surface area contributed by atoms with Crippen molar-refractivity contribution in [1.82, 2.24) is 4.90 Å². The first-order valence-corrected chi connectivity index (χ1v) is 2.90. The van der Waals surface area contributed by atoms with Crippen molar-refractivity contribution >= 4 is 12.2 Å². The van der Waals surface area contributed by atoms with Crippen LogP contribution in [-0.4, -0.2) is 31.2 Å². The van der Waals surface area contributed by atoms with Gasteiger partial charge in [0.05, 0.1) is 6.34 Å². The van der Waals surface area contributed by atoms with E-state index in [0.717, 1.165) is 0 Å². The van der Waals surface area contributed by atoms with Gasteiger partial charge in [-0.2, -0.15) is 0 Å². The molecule has 0 spiro atoms. The molecule has 0 heterocycles. The van der Waals surface area contributed by atoms with E-state index in [0.29, 0.717) is 6.42 Å². The van der Waals surface area contributed by atoms with Gasteiger partial charge in [-0.05, 0) is 0 Å². The minimum absolute atomic E-state index is 0.0839. The number of nitrogens with zero attached hydrogens (tertiary/aromatic N) is 2. The van der Waals surface area contributed by atoms with Crippen LogP contribution in [0.1, 0.15) is 13.3 Å². The minimum Gasteiger partial charge on any atom is -0.306 e. The lowest BCUT2D eigenvalue weighted by molar-refractivity contribution is -0.125. The Kier molecular flexibility index (Phi) is 3.67. The number of carbonyl (C=O) groups excluding carboxylic acids is 1. The lowest BCUT2D eigenvalue weighted by Crippen LogP contribution is -2.23. The van der Waals surface area contributed by atoms with Crippen LogP contribution in [0.25, 0.3) is 0 Å². The van der Waals surface area contributed by atoms with E-state index in [4.69, 9.17) is 0 Å². The van der Waals surface area contributed by atoms with Gasteiger partial charge in [-0.3, -0.25) is 9.79 Å². The maximum Gasteiger partial charge on any atom is 0.227 e. The van der Waals surface area contributed by atoms with Crippen LogP contribution in [0, 0.1) is 0 Å². The summed E-state index contributed by atoms with van der Waals surface area (Å²) in [6, 6.07) is 0. The predicted octanol–water partition coefficient (Wildman–Crippen LogP) is 0.513. The Bertz CT molecular complexity index is 120. The molecule has 0 aromatic heterocycles. The summed E-state index contributed by atoms with van der Waals surface area (Å²) >= 11 is 0. The van der Waals surface area contributed by atoms with Crippen LogP contribution in [0.4, 0.5) is 0 Å². The Morgan fingerprint density at radius 3 is 2.67 bits per heavy atom. The summed E-state index contributed by atoms with van der Waals surface area (Å²) in [7, 11) is 3.33. The van der Waals surface area contributed by atoms with Crippen molar-refractivity contribution in [2.24, 2.45) is 4.99 Å². The molecule has 0 atom stereocenters. The molecule has 0 unspecified atom stereocenters. The smallest absolute Gasteiger partial charge is 0.227 e. The monoisotopic (exact) mass is 128 g/mol. The van der Waals surface area contributed by atoms with Crippen LogP contribution in [0.2, 0.25) is 0 Å². The number of hydrogen-bond acceptors (Lipinski definition) is 2. The average molecular weight is 128 g/mol. The molecule has 0 aromatic rings. The van der Waals surface area contributed by atoms with Gasteiger partial charge in [-0.25, -0.2) is 0 Å². The molecule has 0 aliphatic rings. The van der Waals surface area contributed by atoms with Gasteiger partial charge in [0.15, 0.2) is 0 Å². The van der Waals surface area contributed by atoms with E-state index in [1.165, 1.54) is 11.2 Å². The van der Waals surface area contributed by atoms with Gasteiger partial charge in [-0.1, -0.05) is 6.92 Å². The van der Waals surface area contributed by atoms with Crippen molar-refractivity contribution < 1.29 is 4.79 Å². The molecule has 0 aliphatic heterocycles. The van der Waals surface area contributed by atoms with Crippen molar-refractivity contribution in [3.05, 3.63) is 0 Å². The highest BCUT2D eigenvalue weighted by molar-refractivity contribution is 5.86. The molecule has 0 radical (unpaired) electrons. The molecule has 0 bridgehead atoms. The molecule has 3 nitrogen and oxygen atoms in total. The lowest BCUT2D eigenvalue weighted by Gasteiger charge is -2.07. The zero-order valence-corrected chi connectivity index (χ0v) is 6.09. The molecule has 0 rings (SSSR count). The fraction of sp³-hybridized carbons (Fsp3) is 0.667. The first-order chi connectivity index (χ1) is 4.22. The summed E-state index contributed by atoms with van der Waals surface area (Å²) in [5.41, 5.74) is 0. The van der Waals surface area contributed by atoms with E-state index in [2.05, 4.69) is 4.99 Å². The van der Waals surface area contributed by atoms with Gasteiger partial charge in [0.1, 0.15) is 0 Å². The number of carbonyl (C=O) groups is 1. The summed E-state index contributed by atoms with van der Waals surface area (Å²) in [5, 5.41) is 0. The van der Waals surface area contributed by atoms with E-state index in [1.807, 2.05) is 6.92 Å². The normalized spacial score (nSPS) is 10.1. The second kappa shape index (κ2) is 4.06. The van der Waals surface area contributed by atoms with E-state index >= 15 is 0 Å². The van der Waals surface area contributed by atoms with Gasteiger partial charge in [-0.15, -0.1) is 0 Å². The molecular weight excluding hydrogens is 116 g/mol. The van der Waals surface area contributed by atoms with Crippen LogP contribution in [0.15, 0.2) is 4.99 Å². The molecule has 0 aromatic carbocycles. The quantitative estimate of drug-likeness (QED) is 0.394. The van der Waals surface area contributed by atoms with Crippen LogP contribution < -0.4 is 0 Å². The third-order valence-electron chi connectivity index (χ3n) is 0.985. The Labute approximate surface area is 55.4 Å². The first kappa shape index (κ1) is 8.14. The van der Waals surface area contributed by atoms with Crippen molar-refractivity contribution in [3.63, 3.8) is 0 Å². The second-order valence-corrected chi connectivity index (χ2v) is 1.73. The van der Waals surface area contributed by atoms with Crippen LogP contribution >= 0.6 is 0 Å². The number of aliphatic imine (C=N–C) groups is 1. The van der Waals surface area contributed by atoms with E-state index in [-0.39, 0.29) is 5.91 Å². The van der Waals surface area contributed by atoms with Crippen molar-refractivity contribution in [1.29, 1.82) is 0 Å². The average Bonchev–Trinajstić information content (AvgIpc) is 1.87. The Balaban J connectivity index is 3.72. The Morgan fingerprint density at radius 1 is 1.78 bits per heavy atom. The minimum atomic E-state index is 0.0839. The first-order valence-electron chi connectivity index (χ1n) is 2.90. The SMILES string of the molecule is CCC(=O)N(C)C=NC. The fourth-order valence-corrected chi connectivity index (χ4v) is 0.487. The molecule has 0 fully saturated rings. The van der Waals surface area contributed by atoms with Gasteiger partial charge in [0.2, 0.25) is 5.91 Å². The fourth-order valence-electron chi connectivity index (χ4n) is 0.487. The summed E-state index contributed by atoms with van der Waals surface area (Å²) in [4.78, 5) is 15.9. The molecule has 0 N–H and O–H groups in total. The van der Waals surface area contributed by atoms with Crippen molar-refractivity contribution in [2.45, 2.75) is 13.3 Å². The summed E-state index contributed by atoms with van der Waals surface area (Å²) in [5.74, 6) is 0.0839. The van der Waals surface area contributed by atoms with Gasteiger partial charge in [0, 0.05) is 20.5 Å². The molecule has 1 amide bonds. The summed E-state index contributed by atoms with van der Waals surface area (Å²) in [6.07, 6.45) is 2.04. The van der Waals surface area contributed by atoms with Crippen LogP contribution in [0.3, 0.4) is 0 Å². The largest absolute Gasteiger partial charge is 0.306 e. The van der Waals surface area contributed by atoms with Gasteiger partial charge < -0.3 is 4.90 Å². The number of hydrogen-bond donors (Lipinski definition) is 0. The van der Waals surface area contributed by atoms with Crippen molar-refractivity contribution in [3.8, 4) is 0 Å². The van der Waals surface area contributed by atoms with Gasteiger partial charge in [0.25, 0.3) is 0 Å². The molecule has 0 saturated heterocycles. The molecule has 0 aliphatic carbocycles. The maximum atomic E-state index is 10.7. The third kappa shape index (κ3) is 2.85. The maximum absolute atomic E-state index is 10.7. The molecule has 52 valence electrons. The second-order valence-electron chi connectivity index (χ2n) is 1.73. The highest BCUT2D eigenvalue weighted by Crippen LogP contribution is 1.83.